The Kier molecular flexibility index (Phi) is 7.27. The number of aromatic nitrogens is 2. The van der Waals surface area contributed by atoms with Crippen molar-refractivity contribution in [1.29, 1.82) is 0 Å². The van der Waals surface area contributed by atoms with Crippen molar-refractivity contribution in [2.75, 3.05) is 27.4 Å². The van der Waals surface area contributed by atoms with Crippen LogP contribution in [0.4, 0.5) is 0 Å². The fourth-order valence-electron chi connectivity index (χ4n) is 2.89. The van der Waals surface area contributed by atoms with Gasteiger partial charge in [0.25, 0.3) is 0 Å². The van der Waals surface area contributed by atoms with Gasteiger partial charge in [0, 0.05) is 50.5 Å². The van der Waals surface area contributed by atoms with Gasteiger partial charge in [0.05, 0.1) is 6.61 Å². The fraction of sp³-hybridized carbons (Fsp3) is 0.500. The van der Waals surface area contributed by atoms with Gasteiger partial charge >= 0.3 is 7.82 Å². The summed E-state index contributed by atoms with van der Waals surface area (Å²) >= 11 is 0. The van der Waals surface area contributed by atoms with Crippen LogP contribution in [0.25, 0.3) is 0 Å². The zero-order valence-corrected chi connectivity index (χ0v) is 14.9. The molecule has 134 valence electrons. The number of aromatic amines is 2. The van der Waals surface area contributed by atoms with Gasteiger partial charge < -0.3 is 15.1 Å². The van der Waals surface area contributed by atoms with Crippen LogP contribution >= 0.6 is 7.82 Å². The summed E-state index contributed by atoms with van der Waals surface area (Å²) in [7, 11) is -0.909. The van der Waals surface area contributed by atoms with E-state index in [0.717, 1.165) is 11.4 Å². The Balaban J connectivity index is 2.12. The number of phosphoric ester groups is 1. The second kappa shape index (κ2) is 9.20. The molecule has 2 rings (SSSR count). The van der Waals surface area contributed by atoms with E-state index in [0.29, 0.717) is 12.8 Å². The molecule has 0 saturated heterocycles. The molecule has 0 amide bonds. The van der Waals surface area contributed by atoms with Crippen LogP contribution in [0.1, 0.15) is 30.1 Å². The molecule has 1 unspecified atom stereocenters. The molecule has 0 saturated carbocycles. The highest BCUT2D eigenvalue weighted by atomic mass is 31.2. The third kappa shape index (κ3) is 4.82. The summed E-state index contributed by atoms with van der Waals surface area (Å²) < 4.78 is 26.9. The predicted octanol–water partition coefficient (Wildman–Crippen LogP) is 3.28. The van der Waals surface area contributed by atoms with E-state index in [1.54, 1.807) is 0 Å². The van der Waals surface area contributed by atoms with Gasteiger partial charge in [-0.05, 0) is 43.0 Å². The minimum Gasteiger partial charge on any atom is -0.396 e. The fourth-order valence-corrected chi connectivity index (χ4v) is 3.58. The van der Waals surface area contributed by atoms with Crippen molar-refractivity contribution >= 4 is 7.82 Å². The number of phosphoric acid groups is 1. The highest BCUT2D eigenvalue weighted by molar-refractivity contribution is 7.48. The molecule has 0 spiro atoms. The molecule has 0 fully saturated rings. The highest BCUT2D eigenvalue weighted by Gasteiger charge is 2.28. The topological polar surface area (TPSA) is 96.6 Å². The molecule has 3 N–H and O–H groups in total. The van der Waals surface area contributed by atoms with Crippen molar-refractivity contribution in [1.82, 2.24) is 9.97 Å². The van der Waals surface area contributed by atoms with Crippen molar-refractivity contribution in [3.05, 3.63) is 48.0 Å². The first-order valence-corrected chi connectivity index (χ1v) is 9.33. The van der Waals surface area contributed by atoms with E-state index in [2.05, 4.69) is 9.97 Å². The van der Waals surface area contributed by atoms with Crippen LogP contribution in [0.15, 0.2) is 36.7 Å². The minimum absolute atomic E-state index is 0.0511. The van der Waals surface area contributed by atoms with E-state index in [4.69, 9.17) is 13.6 Å². The van der Waals surface area contributed by atoms with E-state index >= 15 is 0 Å². The zero-order chi connectivity index (χ0) is 17.4. The number of aliphatic hydroxyl groups excluding tert-OH is 1. The van der Waals surface area contributed by atoms with Crippen LogP contribution in [-0.2, 0) is 18.1 Å². The Labute approximate surface area is 142 Å². The number of H-pyrrole nitrogens is 2. The monoisotopic (exact) mass is 356 g/mol. The second-order valence-corrected chi connectivity index (χ2v) is 7.32. The van der Waals surface area contributed by atoms with Crippen molar-refractivity contribution in [2.24, 2.45) is 5.92 Å². The summed E-state index contributed by atoms with van der Waals surface area (Å²) in [6.07, 6.45) is 4.94. The van der Waals surface area contributed by atoms with E-state index in [1.165, 1.54) is 14.2 Å². The lowest BCUT2D eigenvalue weighted by Gasteiger charge is -2.26. The van der Waals surface area contributed by atoms with E-state index in [1.807, 2.05) is 36.7 Å². The van der Waals surface area contributed by atoms with Crippen LogP contribution in [-0.4, -0.2) is 42.5 Å². The molecular formula is C16H25N2O5P. The van der Waals surface area contributed by atoms with Gasteiger partial charge in [-0.2, -0.15) is 0 Å². The Bertz CT molecular complexity index is 572. The van der Waals surface area contributed by atoms with Gasteiger partial charge in [0.1, 0.15) is 0 Å². The number of nitrogens with one attached hydrogen (secondary N) is 2. The standard InChI is InChI=1S/C16H25N2O5P/c1-21-24(20,22-2)23-12-8-13(7-11-19)16(14-5-3-9-17-14)15-6-4-10-18-15/h3-6,9-10,13,16-19H,7-8,11-12H2,1-2H3. The zero-order valence-electron chi connectivity index (χ0n) is 14.0. The number of hydrogen-bond donors (Lipinski definition) is 3. The first-order valence-electron chi connectivity index (χ1n) is 7.87. The minimum atomic E-state index is -3.48. The van der Waals surface area contributed by atoms with Gasteiger partial charge in [-0.15, -0.1) is 0 Å². The molecule has 8 heteroatoms. The lowest BCUT2D eigenvalue weighted by atomic mass is 9.82. The van der Waals surface area contributed by atoms with Crippen LogP contribution in [0.5, 0.6) is 0 Å². The van der Waals surface area contributed by atoms with Crippen LogP contribution < -0.4 is 0 Å². The van der Waals surface area contributed by atoms with Gasteiger partial charge in [-0.25, -0.2) is 4.57 Å². The third-order valence-corrected chi connectivity index (χ3v) is 5.46. The van der Waals surface area contributed by atoms with Gasteiger partial charge in [-0.1, -0.05) is 0 Å². The molecule has 2 aromatic heterocycles. The first kappa shape index (κ1) is 19.0. The van der Waals surface area contributed by atoms with Crippen molar-refractivity contribution < 1.29 is 23.2 Å². The molecule has 7 nitrogen and oxygen atoms in total. The van der Waals surface area contributed by atoms with Crippen LogP contribution in [0.2, 0.25) is 0 Å². The number of hydrogen-bond acceptors (Lipinski definition) is 5. The summed E-state index contributed by atoms with van der Waals surface area (Å²) in [5.41, 5.74) is 2.11. The molecule has 0 bridgehead atoms. The van der Waals surface area contributed by atoms with Crippen molar-refractivity contribution in [3.63, 3.8) is 0 Å². The first-order chi connectivity index (χ1) is 11.6. The normalized spacial score (nSPS) is 13.5. The highest BCUT2D eigenvalue weighted by Crippen LogP contribution is 2.48. The van der Waals surface area contributed by atoms with Gasteiger partial charge in [-0.3, -0.25) is 13.6 Å². The second-order valence-electron chi connectivity index (χ2n) is 5.44. The van der Waals surface area contributed by atoms with Gasteiger partial charge in [0.15, 0.2) is 0 Å². The maximum atomic E-state index is 12.0. The largest absolute Gasteiger partial charge is 0.474 e. The average Bonchev–Trinajstić information content (AvgIpc) is 3.29. The SMILES string of the molecule is COP(=O)(OC)OCCC(CCO)C(c1ccc[nH]1)c1ccc[nH]1. The Hall–Kier alpha value is -1.37. The molecule has 0 radical (unpaired) electrons. The summed E-state index contributed by atoms with van der Waals surface area (Å²) in [4.78, 5) is 6.49. The van der Waals surface area contributed by atoms with Crippen LogP contribution in [0, 0.1) is 5.92 Å². The maximum Gasteiger partial charge on any atom is 0.474 e. The quantitative estimate of drug-likeness (QED) is 0.537. The molecule has 0 aromatic carbocycles. The number of aliphatic hydroxyl groups is 1. The lowest BCUT2D eigenvalue weighted by molar-refractivity contribution is 0.138. The Morgan fingerprint density at radius 2 is 1.67 bits per heavy atom. The molecule has 0 aliphatic heterocycles. The van der Waals surface area contributed by atoms with Crippen molar-refractivity contribution in [2.45, 2.75) is 18.8 Å². The van der Waals surface area contributed by atoms with Crippen LogP contribution in [0.3, 0.4) is 0 Å². The average molecular weight is 356 g/mol. The predicted molar refractivity (Wildman–Crippen MR) is 90.8 cm³/mol. The van der Waals surface area contributed by atoms with E-state index in [9.17, 15) is 9.67 Å². The lowest BCUT2D eigenvalue weighted by Crippen LogP contribution is -2.19. The summed E-state index contributed by atoms with van der Waals surface area (Å²) in [6, 6.07) is 7.93. The summed E-state index contributed by atoms with van der Waals surface area (Å²) in [5, 5.41) is 9.47. The third-order valence-electron chi connectivity index (χ3n) is 4.07. The molecular weight excluding hydrogens is 331 g/mol. The molecule has 2 aromatic rings. The molecule has 2 heterocycles. The summed E-state index contributed by atoms with van der Waals surface area (Å²) in [5.74, 6) is 0.143. The summed E-state index contributed by atoms with van der Waals surface area (Å²) in [6.45, 7) is 0.274. The molecule has 1 atom stereocenters. The van der Waals surface area contributed by atoms with Gasteiger partial charge in [0.2, 0.25) is 0 Å². The Morgan fingerprint density at radius 3 is 2.08 bits per heavy atom. The molecule has 0 aliphatic rings. The van der Waals surface area contributed by atoms with E-state index in [-0.39, 0.29) is 25.0 Å². The smallest absolute Gasteiger partial charge is 0.396 e. The molecule has 0 aliphatic carbocycles. The maximum absolute atomic E-state index is 12.0. The van der Waals surface area contributed by atoms with Crippen molar-refractivity contribution in [3.8, 4) is 0 Å². The Morgan fingerprint density at radius 1 is 1.08 bits per heavy atom. The molecule has 24 heavy (non-hydrogen) atoms. The van der Waals surface area contributed by atoms with E-state index < -0.39 is 7.82 Å². The number of rotatable bonds is 11.